The zero-order chi connectivity index (χ0) is 14.7. The van der Waals surface area contributed by atoms with Crippen LogP contribution in [0.5, 0.6) is 0 Å². The summed E-state index contributed by atoms with van der Waals surface area (Å²) < 4.78 is 15.7. The predicted molar refractivity (Wildman–Crippen MR) is 71.0 cm³/mol. The molecule has 21 heavy (non-hydrogen) atoms. The van der Waals surface area contributed by atoms with E-state index in [1.165, 1.54) is 14.2 Å². The molecule has 4 unspecified atom stereocenters. The molecule has 0 saturated carbocycles. The summed E-state index contributed by atoms with van der Waals surface area (Å²) in [4.78, 5) is 24.0. The van der Waals surface area contributed by atoms with Gasteiger partial charge in [-0.2, -0.15) is 0 Å². The molecule has 2 aliphatic heterocycles. The summed E-state index contributed by atoms with van der Waals surface area (Å²) in [7, 11) is 2.64. The lowest BCUT2D eigenvalue weighted by Crippen LogP contribution is -2.42. The fraction of sp³-hybridized carbons (Fsp3) is 0.375. The van der Waals surface area contributed by atoms with Crippen LogP contribution >= 0.6 is 0 Å². The first-order valence-corrected chi connectivity index (χ1v) is 6.84. The quantitative estimate of drug-likeness (QED) is 0.774. The van der Waals surface area contributed by atoms with Crippen LogP contribution in [0, 0.1) is 11.8 Å². The lowest BCUT2D eigenvalue weighted by Gasteiger charge is -2.40. The van der Waals surface area contributed by atoms with Crippen LogP contribution in [0.2, 0.25) is 0 Å². The fourth-order valence-electron chi connectivity index (χ4n) is 3.90. The first kappa shape index (κ1) is 12.6. The third-order valence-electron chi connectivity index (χ3n) is 4.71. The highest BCUT2D eigenvalue weighted by atomic mass is 16.5. The van der Waals surface area contributed by atoms with Crippen molar-refractivity contribution in [3.8, 4) is 0 Å². The highest BCUT2D eigenvalue weighted by molar-refractivity contribution is 6.05. The molecule has 0 amide bonds. The minimum atomic E-state index is -0.467. The third-order valence-corrected chi connectivity index (χ3v) is 4.71. The number of carbonyl (C=O) groups excluding carboxylic acids is 2. The molecule has 0 N–H and O–H groups in total. The second-order valence-corrected chi connectivity index (χ2v) is 5.47. The van der Waals surface area contributed by atoms with Crippen molar-refractivity contribution in [2.45, 2.75) is 12.2 Å². The van der Waals surface area contributed by atoms with Crippen molar-refractivity contribution in [1.29, 1.82) is 0 Å². The summed E-state index contributed by atoms with van der Waals surface area (Å²) in [6.45, 7) is 0. The number of ether oxygens (including phenoxy) is 3. The number of hydrogen-bond acceptors (Lipinski definition) is 5. The molecule has 4 atom stereocenters. The Labute approximate surface area is 121 Å². The Morgan fingerprint density at radius 1 is 0.905 bits per heavy atom. The minimum Gasteiger partial charge on any atom is -0.466 e. The molecule has 1 aliphatic carbocycles. The molecule has 3 aliphatic rings. The Kier molecular flexibility index (Phi) is 2.50. The predicted octanol–water partition coefficient (Wildman–Crippen LogP) is 1.70. The lowest BCUT2D eigenvalue weighted by atomic mass is 9.60. The molecule has 1 saturated heterocycles. The van der Waals surface area contributed by atoms with Crippen molar-refractivity contribution in [3.05, 3.63) is 46.5 Å². The normalized spacial score (nSPS) is 31.3. The van der Waals surface area contributed by atoms with Gasteiger partial charge in [-0.1, -0.05) is 24.3 Å². The van der Waals surface area contributed by atoms with E-state index in [-0.39, 0.29) is 24.0 Å². The average molecular weight is 286 g/mol. The Bertz CT molecular complexity index is 633. The summed E-state index contributed by atoms with van der Waals surface area (Å²) in [5.41, 5.74) is 3.04. The highest BCUT2D eigenvalue weighted by Gasteiger charge is 2.64. The second kappa shape index (κ2) is 4.18. The van der Waals surface area contributed by atoms with Gasteiger partial charge in [-0.15, -0.1) is 0 Å². The fourth-order valence-corrected chi connectivity index (χ4v) is 3.90. The maximum Gasteiger partial charge on any atom is 0.334 e. The van der Waals surface area contributed by atoms with Crippen LogP contribution in [0.4, 0.5) is 0 Å². The first-order valence-electron chi connectivity index (χ1n) is 6.84. The molecule has 1 aromatic rings. The molecular weight excluding hydrogens is 272 g/mol. The van der Waals surface area contributed by atoms with Crippen LogP contribution in [0.25, 0.3) is 0 Å². The lowest BCUT2D eigenvalue weighted by molar-refractivity contribution is -0.142. The maximum atomic E-state index is 12.0. The Morgan fingerprint density at radius 3 is 1.71 bits per heavy atom. The van der Waals surface area contributed by atoms with Crippen LogP contribution in [0.15, 0.2) is 35.4 Å². The number of rotatable bonds is 2. The summed E-state index contributed by atoms with van der Waals surface area (Å²) in [6.07, 6.45) is -0.336. The zero-order valence-electron chi connectivity index (χ0n) is 11.7. The summed E-state index contributed by atoms with van der Waals surface area (Å²) >= 11 is 0. The average Bonchev–Trinajstić information content (AvgIpc) is 3.00. The standard InChI is InChI=1S/C16H14O5/c1-19-15(17)11-9-10(12(11)16(18)20-2)14-8-6-4-3-5-7(8)13(9)21-14/h3-6,9-10,13-14H,1-2H3. The Hall–Kier alpha value is -2.14. The first-order chi connectivity index (χ1) is 10.2. The minimum absolute atomic E-state index is 0.105. The Balaban J connectivity index is 1.82. The smallest absolute Gasteiger partial charge is 0.334 e. The molecule has 0 spiro atoms. The SMILES string of the molecule is COC(=O)C1=C(C(=O)OC)C2C3OC(c4ccccc43)C12. The second-order valence-electron chi connectivity index (χ2n) is 5.47. The zero-order valence-corrected chi connectivity index (χ0v) is 11.7. The number of fused-ring (bicyclic) bond motifs is 8. The van der Waals surface area contributed by atoms with Crippen molar-refractivity contribution >= 4 is 11.9 Å². The van der Waals surface area contributed by atoms with Gasteiger partial charge in [-0.05, 0) is 11.1 Å². The summed E-state index contributed by atoms with van der Waals surface area (Å²) in [6, 6.07) is 7.95. The van der Waals surface area contributed by atoms with Gasteiger partial charge in [0.05, 0.1) is 37.6 Å². The molecule has 4 rings (SSSR count). The van der Waals surface area contributed by atoms with Crippen molar-refractivity contribution in [2.75, 3.05) is 14.2 Å². The molecule has 2 heterocycles. The van der Waals surface area contributed by atoms with Gasteiger partial charge in [0.15, 0.2) is 0 Å². The number of methoxy groups -OCH3 is 2. The van der Waals surface area contributed by atoms with Gasteiger partial charge in [0, 0.05) is 11.8 Å². The van der Waals surface area contributed by atoms with Gasteiger partial charge in [-0.25, -0.2) is 9.59 Å². The van der Waals surface area contributed by atoms with E-state index in [0.29, 0.717) is 11.1 Å². The van der Waals surface area contributed by atoms with Crippen molar-refractivity contribution < 1.29 is 23.8 Å². The largest absolute Gasteiger partial charge is 0.466 e. The molecule has 0 radical (unpaired) electrons. The number of benzene rings is 1. The number of esters is 2. The van der Waals surface area contributed by atoms with Gasteiger partial charge >= 0.3 is 11.9 Å². The molecule has 5 nitrogen and oxygen atoms in total. The molecule has 108 valence electrons. The maximum absolute atomic E-state index is 12.0. The highest BCUT2D eigenvalue weighted by Crippen LogP contribution is 2.67. The number of carbonyl (C=O) groups is 2. The topological polar surface area (TPSA) is 61.8 Å². The van der Waals surface area contributed by atoms with Crippen LogP contribution in [-0.4, -0.2) is 26.2 Å². The van der Waals surface area contributed by atoms with Gasteiger partial charge in [0.1, 0.15) is 0 Å². The van der Waals surface area contributed by atoms with Gasteiger partial charge in [0.2, 0.25) is 0 Å². The van der Waals surface area contributed by atoms with E-state index in [9.17, 15) is 9.59 Å². The monoisotopic (exact) mass is 286 g/mol. The Morgan fingerprint density at radius 2 is 1.33 bits per heavy atom. The third kappa shape index (κ3) is 1.39. The van der Waals surface area contributed by atoms with E-state index < -0.39 is 11.9 Å². The summed E-state index contributed by atoms with van der Waals surface area (Å²) in [5, 5.41) is 0. The van der Waals surface area contributed by atoms with Crippen molar-refractivity contribution in [3.63, 3.8) is 0 Å². The van der Waals surface area contributed by atoms with Crippen LogP contribution in [0.3, 0.4) is 0 Å². The van der Waals surface area contributed by atoms with E-state index in [2.05, 4.69) is 0 Å². The van der Waals surface area contributed by atoms with Gasteiger partial charge < -0.3 is 14.2 Å². The molecular formula is C16H14O5. The molecule has 5 heteroatoms. The molecule has 0 aromatic heterocycles. The van der Waals surface area contributed by atoms with Crippen LogP contribution < -0.4 is 0 Å². The molecule has 1 aromatic carbocycles. The van der Waals surface area contributed by atoms with E-state index in [0.717, 1.165) is 11.1 Å². The van der Waals surface area contributed by atoms with Crippen LogP contribution in [-0.2, 0) is 23.8 Å². The van der Waals surface area contributed by atoms with E-state index in [1.54, 1.807) is 0 Å². The van der Waals surface area contributed by atoms with Crippen LogP contribution in [0.1, 0.15) is 23.3 Å². The molecule has 1 fully saturated rings. The van der Waals surface area contributed by atoms with Crippen molar-refractivity contribution in [1.82, 2.24) is 0 Å². The van der Waals surface area contributed by atoms with Crippen molar-refractivity contribution in [2.24, 2.45) is 11.8 Å². The van der Waals surface area contributed by atoms with Gasteiger partial charge in [0.25, 0.3) is 0 Å². The van der Waals surface area contributed by atoms with E-state index in [1.807, 2.05) is 24.3 Å². The van der Waals surface area contributed by atoms with E-state index in [4.69, 9.17) is 14.2 Å². The number of hydrogen-bond donors (Lipinski definition) is 0. The molecule has 2 bridgehead atoms. The summed E-state index contributed by atoms with van der Waals surface area (Å²) in [5.74, 6) is -1.14. The van der Waals surface area contributed by atoms with Gasteiger partial charge in [-0.3, -0.25) is 0 Å². The van der Waals surface area contributed by atoms with E-state index >= 15 is 0 Å².